The second-order valence-corrected chi connectivity index (χ2v) is 6.71. The number of halogens is 2. The third kappa shape index (κ3) is 14.6. The zero-order valence-corrected chi connectivity index (χ0v) is 14.9. The van der Waals surface area contributed by atoms with Gasteiger partial charge in [-0.1, -0.05) is 96.8 Å². The molecular formula is C19H36F2O2. The molecule has 0 aliphatic carbocycles. The SMILES string of the molecule is CCCCCCCCCCCCCCCCCC(F)(F)C(=O)O. The molecule has 0 aromatic heterocycles. The fourth-order valence-corrected chi connectivity index (χ4v) is 2.83. The van der Waals surface area contributed by atoms with Gasteiger partial charge in [-0.3, -0.25) is 0 Å². The number of hydrogen-bond acceptors (Lipinski definition) is 1. The molecule has 0 saturated carbocycles. The summed E-state index contributed by atoms with van der Waals surface area (Å²) in [5.41, 5.74) is 0. The van der Waals surface area contributed by atoms with Crippen LogP contribution in [0.5, 0.6) is 0 Å². The highest BCUT2D eigenvalue weighted by atomic mass is 19.3. The van der Waals surface area contributed by atoms with E-state index < -0.39 is 18.3 Å². The third-order valence-electron chi connectivity index (χ3n) is 4.41. The molecule has 1 N–H and O–H groups in total. The van der Waals surface area contributed by atoms with Crippen molar-refractivity contribution < 1.29 is 18.7 Å². The minimum Gasteiger partial charge on any atom is -0.477 e. The zero-order chi connectivity index (χ0) is 17.4. The lowest BCUT2D eigenvalue weighted by molar-refractivity contribution is -0.165. The minimum absolute atomic E-state index is 0.303. The Hall–Kier alpha value is -0.670. The Morgan fingerprint density at radius 2 is 1.00 bits per heavy atom. The van der Waals surface area contributed by atoms with Crippen LogP contribution in [0.15, 0.2) is 0 Å². The Kier molecular flexibility index (Phi) is 14.5. The van der Waals surface area contributed by atoms with Gasteiger partial charge in [0.05, 0.1) is 0 Å². The quantitative estimate of drug-likeness (QED) is 0.292. The van der Waals surface area contributed by atoms with Gasteiger partial charge in [0.2, 0.25) is 0 Å². The molecule has 0 spiro atoms. The normalized spacial score (nSPS) is 11.8. The van der Waals surface area contributed by atoms with E-state index >= 15 is 0 Å². The van der Waals surface area contributed by atoms with Gasteiger partial charge in [0, 0.05) is 6.42 Å². The van der Waals surface area contributed by atoms with E-state index in [4.69, 9.17) is 5.11 Å². The van der Waals surface area contributed by atoms with Crippen LogP contribution in [0.3, 0.4) is 0 Å². The molecule has 0 heterocycles. The first kappa shape index (κ1) is 22.3. The van der Waals surface area contributed by atoms with Gasteiger partial charge in [0.25, 0.3) is 0 Å². The summed E-state index contributed by atoms with van der Waals surface area (Å²) in [5.74, 6) is -5.54. The van der Waals surface area contributed by atoms with E-state index in [-0.39, 0.29) is 0 Å². The van der Waals surface area contributed by atoms with Gasteiger partial charge in [-0.2, -0.15) is 8.78 Å². The molecule has 2 nitrogen and oxygen atoms in total. The van der Waals surface area contributed by atoms with Gasteiger partial charge >= 0.3 is 11.9 Å². The largest absolute Gasteiger partial charge is 0.477 e. The van der Waals surface area contributed by atoms with Crippen molar-refractivity contribution in [3.8, 4) is 0 Å². The first-order valence-corrected chi connectivity index (χ1v) is 9.62. The first-order valence-electron chi connectivity index (χ1n) is 9.62. The summed E-state index contributed by atoms with van der Waals surface area (Å²) in [6.07, 6.45) is 17.0. The molecule has 0 bridgehead atoms. The monoisotopic (exact) mass is 334 g/mol. The van der Waals surface area contributed by atoms with Crippen molar-refractivity contribution in [2.45, 2.75) is 116 Å². The summed E-state index contributed by atoms with van der Waals surface area (Å²) in [5, 5.41) is 8.31. The highest BCUT2D eigenvalue weighted by Gasteiger charge is 2.37. The maximum atomic E-state index is 12.8. The second-order valence-electron chi connectivity index (χ2n) is 6.71. The molecule has 23 heavy (non-hydrogen) atoms. The molecule has 0 aromatic rings. The summed E-state index contributed by atoms with van der Waals surface area (Å²) in [4.78, 5) is 10.2. The number of unbranched alkanes of at least 4 members (excludes halogenated alkanes) is 14. The van der Waals surface area contributed by atoms with Gasteiger partial charge < -0.3 is 5.11 Å². The van der Waals surface area contributed by atoms with Gasteiger partial charge in [0.15, 0.2) is 0 Å². The molecule has 0 aliphatic rings. The van der Waals surface area contributed by atoms with Gasteiger partial charge in [-0.15, -0.1) is 0 Å². The number of rotatable bonds is 17. The van der Waals surface area contributed by atoms with Crippen LogP contribution in [0, 0.1) is 0 Å². The number of hydrogen-bond donors (Lipinski definition) is 1. The Balaban J connectivity index is 3.15. The molecule has 0 amide bonds. The van der Waals surface area contributed by atoms with Crippen molar-refractivity contribution in [1.82, 2.24) is 0 Å². The number of carboxylic acids is 1. The van der Waals surface area contributed by atoms with Crippen molar-refractivity contribution in [1.29, 1.82) is 0 Å². The van der Waals surface area contributed by atoms with Crippen molar-refractivity contribution >= 4 is 5.97 Å². The molecule has 0 aromatic carbocycles. The second kappa shape index (κ2) is 14.9. The van der Waals surface area contributed by atoms with Crippen molar-refractivity contribution in [2.24, 2.45) is 0 Å². The fraction of sp³-hybridized carbons (Fsp3) is 0.947. The standard InChI is InChI=1S/C19H36F2O2/c1-2-3-4-5-6-7-8-9-10-11-12-13-14-15-16-17-19(20,21)18(22)23/h2-17H2,1H3,(H,22,23). The van der Waals surface area contributed by atoms with Crippen LogP contribution in [0.4, 0.5) is 8.78 Å². The lowest BCUT2D eigenvalue weighted by atomic mass is 10.0. The highest BCUT2D eigenvalue weighted by Crippen LogP contribution is 2.22. The average Bonchev–Trinajstić information content (AvgIpc) is 2.51. The van der Waals surface area contributed by atoms with Gasteiger partial charge in [0.1, 0.15) is 0 Å². The number of carboxylic acid groups (broad SMARTS) is 1. The lowest BCUT2D eigenvalue weighted by Crippen LogP contribution is -2.27. The molecule has 0 radical (unpaired) electrons. The molecule has 4 heteroatoms. The summed E-state index contributed by atoms with van der Waals surface area (Å²) < 4.78 is 25.6. The van der Waals surface area contributed by atoms with Crippen LogP contribution in [-0.4, -0.2) is 17.0 Å². The average molecular weight is 334 g/mol. The zero-order valence-electron chi connectivity index (χ0n) is 14.9. The van der Waals surface area contributed by atoms with Crippen molar-refractivity contribution in [2.75, 3.05) is 0 Å². The van der Waals surface area contributed by atoms with E-state index in [1.807, 2.05) is 0 Å². The summed E-state index contributed by atoms with van der Waals surface area (Å²) in [7, 11) is 0. The Labute approximate surface area is 141 Å². The Bertz CT molecular complexity index is 281. The molecule has 0 unspecified atom stereocenters. The molecule has 0 fully saturated rings. The van der Waals surface area contributed by atoms with Gasteiger partial charge in [-0.25, -0.2) is 4.79 Å². The van der Waals surface area contributed by atoms with Crippen LogP contribution < -0.4 is 0 Å². The van der Waals surface area contributed by atoms with Crippen LogP contribution in [-0.2, 0) is 4.79 Å². The third-order valence-corrected chi connectivity index (χ3v) is 4.41. The molecule has 0 rings (SSSR count). The first-order chi connectivity index (χ1) is 11.0. The highest BCUT2D eigenvalue weighted by molar-refractivity contribution is 5.75. The smallest absolute Gasteiger partial charge is 0.374 e. The molecule has 0 aliphatic heterocycles. The van der Waals surface area contributed by atoms with Crippen molar-refractivity contribution in [3.05, 3.63) is 0 Å². The molecule has 138 valence electrons. The minimum atomic E-state index is -3.55. The van der Waals surface area contributed by atoms with Crippen LogP contribution in [0.1, 0.15) is 110 Å². The summed E-state index contributed by atoms with van der Waals surface area (Å²) >= 11 is 0. The number of aliphatic carboxylic acids is 1. The van der Waals surface area contributed by atoms with Crippen LogP contribution >= 0.6 is 0 Å². The maximum Gasteiger partial charge on any atom is 0.374 e. The predicted molar refractivity (Wildman–Crippen MR) is 92.1 cm³/mol. The summed E-state index contributed by atoms with van der Waals surface area (Å²) in [6.45, 7) is 2.24. The van der Waals surface area contributed by atoms with E-state index in [9.17, 15) is 13.6 Å². The van der Waals surface area contributed by atoms with E-state index in [2.05, 4.69) is 6.92 Å². The molecular weight excluding hydrogens is 298 g/mol. The van der Waals surface area contributed by atoms with Crippen molar-refractivity contribution in [3.63, 3.8) is 0 Å². The molecule has 0 saturated heterocycles. The van der Waals surface area contributed by atoms with E-state index in [1.54, 1.807) is 0 Å². The van der Waals surface area contributed by atoms with Gasteiger partial charge in [-0.05, 0) is 6.42 Å². The predicted octanol–water partition coefficient (Wildman–Crippen LogP) is 6.97. The van der Waals surface area contributed by atoms with Crippen LogP contribution in [0.25, 0.3) is 0 Å². The number of alkyl halides is 2. The number of carbonyl (C=O) groups is 1. The fourth-order valence-electron chi connectivity index (χ4n) is 2.83. The Morgan fingerprint density at radius 1 is 0.696 bits per heavy atom. The summed E-state index contributed by atoms with van der Waals surface area (Å²) in [6, 6.07) is 0. The van der Waals surface area contributed by atoms with E-state index in [0.717, 1.165) is 12.8 Å². The van der Waals surface area contributed by atoms with E-state index in [1.165, 1.54) is 70.6 Å². The van der Waals surface area contributed by atoms with E-state index in [0.29, 0.717) is 12.8 Å². The maximum absolute atomic E-state index is 12.8. The Morgan fingerprint density at radius 3 is 1.30 bits per heavy atom. The topological polar surface area (TPSA) is 37.3 Å². The molecule has 0 atom stereocenters. The van der Waals surface area contributed by atoms with Crippen LogP contribution in [0.2, 0.25) is 0 Å². The lowest BCUT2D eigenvalue weighted by Gasteiger charge is -2.10.